The Bertz CT molecular complexity index is 1450. The first kappa shape index (κ1) is 24.4. The van der Waals surface area contributed by atoms with Crippen LogP contribution in [0.5, 0.6) is 5.75 Å². The van der Waals surface area contributed by atoms with Gasteiger partial charge in [-0.2, -0.15) is 5.10 Å². The predicted molar refractivity (Wildman–Crippen MR) is 134 cm³/mol. The molecule has 4 rings (SSSR count). The summed E-state index contributed by atoms with van der Waals surface area (Å²) in [5.74, 6) is 0.237. The second-order valence-corrected chi connectivity index (χ2v) is 8.62. The van der Waals surface area contributed by atoms with Crippen LogP contribution in [0.1, 0.15) is 46.0 Å². The Kier molecular flexibility index (Phi) is 6.60. The number of primary amides is 1. The number of fused-ring (bicyclic) bond motifs is 1. The van der Waals surface area contributed by atoms with Gasteiger partial charge in [-0.15, -0.1) is 0 Å². The molecule has 3 aromatic heterocycles. The number of carbonyl (C=O) groups is 1. The lowest BCUT2D eigenvalue weighted by Gasteiger charge is -2.22. The molecule has 0 spiro atoms. The van der Waals surface area contributed by atoms with Crippen molar-refractivity contribution in [1.29, 1.82) is 0 Å². The van der Waals surface area contributed by atoms with Gasteiger partial charge >= 0.3 is 0 Å². The molecule has 0 radical (unpaired) electrons. The molecule has 5 N–H and O–H groups in total. The van der Waals surface area contributed by atoms with Gasteiger partial charge in [0.25, 0.3) is 5.91 Å². The Labute approximate surface area is 206 Å². The average molecular weight is 496 g/mol. The van der Waals surface area contributed by atoms with E-state index in [1.165, 1.54) is 6.33 Å². The first-order valence-corrected chi connectivity index (χ1v) is 11.3. The highest BCUT2D eigenvalue weighted by molar-refractivity contribution is 6.32. The van der Waals surface area contributed by atoms with E-state index in [0.29, 0.717) is 50.1 Å². The second-order valence-electron chi connectivity index (χ2n) is 8.21. The molecule has 182 valence electrons. The zero-order chi connectivity index (χ0) is 25.4. The number of nitrogens with zero attached hydrogens (tertiary/aromatic N) is 5. The SMILES string of the molecule is COc1c(C(C)n2nc(C)c3c(N)ncnc32)cc(Cl)c(C)c1-c1cc(CCO)nc(C(N)=O)c1. The molecule has 0 bridgehead atoms. The molecule has 0 aliphatic carbocycles. The van der Waals surface area contributed by atoms with Crippen molar-refractivity contribution in [2.24, 2.45) is 5.73 Å². The number of aliphatic hydroxyl groups is 1. The number of anilines is 1. The summed E-state index contributed by atoms with van der Waals surface area (Å²) in [4.78, 5) is 24.7. The zero-order valence-corrected chi connectivity index (χ0v) is 20.6. The first-order valence-electron chi connectivity index (χ1n) is 10.9. The number of pyridine rings is 1. The van der Waals surface area contributed by atoms with E-state index in [1.807, 2.05) is 26.8 Å². The fourth-order valence-electron chi connectivity index (χ4n) is 4.29. The van der Waals surface area contributed by atoms with Crippen molar-refractivity contribution in [3.63, 3.8) is 0 Å². The molecule has 3 heterocycles. The Morgan fingerprint density at radius 1 is 1.26 bits per heavy atom. The number of aromatic nitrogens is 5. The quantitative estimate of drug-likeness (QED) is 0.353. The lowest BCUT2D eigenvalue weighted by atomic mass is 9.93. The van der Waals surface area contributed by atoms with Crippen molar-refractivity contribution < 1.29 is 14.6 Å². The van der Waals surface area contributed by atoms with E-state index < -0.39 is 5.91 Å². The van der Waals surface area contributed by atoms with Crippen LogP contribution in [-0.2, 0) is 6.42 Å². The van der Waals surface area contributed by atoms with Gasteiger partial charge in [0.15, 0.2) is 5.65 Å². The van der Waals surface area contributed by atoms with Crippen LogP contribution < -0.4 is 16.2 Å². The summed E-state index contributed by atoms with van der Waals surface area (Å²) in [5, 5.41) is 15.3. The maximum atomic E-state index is 12.0. The van der Waals surface area contributed by atoms with Crippen LogP contribution in [0.4, 0.5) is 5.82 Å². The number of carbonyl (C=O) groups excluding carboxylic acids is 1. The molecule has 0 aliphatic rings. The molecule has 0 saturated carbocycles. The normalized spacial score (nSPS) is 12.2. The number of nitrogen functional groups attached to an aromatic ring is 1. The summed E-state index contributed by atoms with van der Waals surface area (Å²) in [6, 6.07) is 4.88. The number of halogens is 1. The number of aliphatic hydroxyl groups excluding tert-OH is 1. The topological polar surface area (TPSA) is 155 Å². The van der Waals surface area contributed by atoms with Gasteiger partial charge in [-0.25, -0.2) is 19.6 Å². The van der Waals surface area contributed by atoms with Gasteiger partial charge in [0.05, 0.1) is 24.2 Å². The number of benzene rings is 1. The highest BCUT2D eigenvalue weighted by Gasteiger charge is 2.25. The molecule has 0 saturated heterocycles. The number of nitrogens with two attached hydrogens (primary N) is 2. The van der Waals surface area contributed by atoms with Gasteiger partial charge in [0.1, 0.15) is 23.6 Å². The van der Waals surface area contributed by atoms with E-state index in [4.69, 9.17) is 27.8 Å². The van der Waals surface area contributed by atoms with Crippen molar-refractivity contribution in [1.82, 2.24) is 24.7 Å². The summed E-state index contributed by atoms with van der Waals surface area (Å²) in [7, 11) is 1.57. The average Bonchev–Trinajstić information content (AvgIpc) is 3.17. The molecule has 0 fully saturated rings. The number of aryl methyl sites for hydroxylation is 1. The van der Waals surface area contributed by atoms with Crippen LogP contribution >= 0.6 is 11.6 Å². The molecule has 4 aromatic rings. The monoisotopic (exact) mass is 495 g/mol. The zero-order valence-electron chi connectivity index (χ0n) is 19.8. The largest absolute Gasteiger partial charge is 0.496 e. The van der Waals surface area contributed by atoms with Gasteiger partial charge in [0.2, 0.25) is 0 Å². The van der Waals surface area contributed by atoms with Crippen molar-refractivity contribution in [2.45, 2.75) is 33.2 Å². The van der Waals surface area contributed by atoms with E-state index in [2.05, 4.69) is 20.1 Å². The highest BCUT2D eigenvalue weighted by Crippen LogP contribution is 2.43. The minimum absolute atomic E-state index is 0.0860. The number of methoxy groups -OCH3 is 1. The Hall–Kier alpha value is -3.76. The Morgan fingerprint density at radius 3 is 2.66 bits per heavy atom. The van der Waals surface area contributed by atoms with Crippen LogP contribution in [-0.4, -0.2) is 49.5 Å². The van der Waals surface area contributed by atoms with Crippen LogP contribution in [0.3, 0.4) is 0 Å². The van der Waals surface area contributed by atoms with Crippen LogP contribution in [0.2, 0.25) is 5.02 Å². The first-order chi connectivity index (χ1) is 16.7. The molecule has 0 aliphatic heterocycles. The highest BCUT2D eigenvalue weighted by atomic mass is 35.5. The number of hydrogen-bond donors (Lipinski definition) is 3. The number of rotatable bonds is 7. The predicted octanol–water partition coefficient (Wildman–Crippen LogP) is 2.99. The van der Waals surface area contributed by atoms with Crippen molar-refractivity contribution in [3.8, 4) is 16.9 Å². The third kappa shape index (κ3) is 4.26. The smallest absolute Gasteiger partial charge is 0.267 e. The maximum Gasteiger partial charge on any atom is 0.267 e. The van der Waals surface area contributed by atoms with Gasteiger partial charge in [-0.1, -0.05) is 11.6 Å². The van der Waals surface area contributed by atoms with Crippen LogP contribution in [0.25, 0.3) is 22.2 Å². The van der Waals surface area contributed by atoms with Gasteiger partial charge in [-0.3, -0.25) is 4.79 Å². The van der Waals surface area contributed by atoms with Crippen molar-refractivity contribution >= 4 is 34.4 Å². The number of amides is 1. The summed E-state index contributed by atoms with van der Waals surface area (Å²) in [6.45, 7) is 5.54. The van der Waals surface area contributed by atoms with E-state index in [-0.39, 0.29) is 24.8 Å². The summed E-state index contributed by atoms with van der Waals surface area (Å²) in [5.41, 5.74) is 16.4. The molecular formula is C24H26ClN7O3. The Balaban J connectivity index is 1.98. The molecule has 1 unspecified atom stereocenters. The maximum absolute atomic E-state index is 12.0. The number of hydrogen-bond acceptors (Lipinski definition) is 8. The van der Waals surface area contributed by atoms with Crippen LogP contribution in [0.15, 0.2) is 24.5 Å². The molecular weight excluding hydrogens is 470 g/mol. The summed E-state index contributed by atoms with van der Waals surface area (Å²) in [6.07, 6.45) is 1.66. The van der Waals surface area contributed by atoms with Crippen molar-refractivity contribution in [3.05, 3.63) is 57.8 Å². The third-order valence-electron chi connectivity index (χ3n) is 6.01. The molecule has 11 heteroatoms. The fourth-order valence-corrected chi connectivity index (χ4v) is 4.51. The summed E-state index contributed by atoms with van der Waals surface area (Å²) >= 11 is 6.70. The van der Waals surface area contributed by atoms with E-state index >= 15 is 0 Å². The lowest BCUT2D eigenvalue weighted by Crippen LogP contribution is -2.15. The van der Waals surface area contributed by atoms with E-state index in [0.717, 1.165) is 11.1 Å². The molecule has 1 amide bonds. The van der Waals surface area contributed by atoms with Gasteiger partial charge in [0, 0.05) is 34.9 Å². The van der Waals surface area contributed by atoms with Crippen LogP contribution in [0, 0.1) is 13.8 Å². The minimum atomic E-state index is -0.672. The van der Waals surface area contributed by atoms with E-state index in [9.17, 15) is 9.90 Å². The molecule has 1 atom stereocenters. The summed E-state index contributed by atoms with van der Waals surface area (Å²) < 4.78 is 7.67. The molecule has 35 heavy (non-hydrogen) atoms. The van der Waals surface area contributed by atoms with Crippen molar-refractivity contribution in [2.75, 3.05) is 19.5 Å². The van der Waals surface area contributed by atoms with Gasteiger partial charge < -0.3 is 21.3 Å². The fraction of sp³-hybridized carbons (Fsp3) is 0.292. The van der Waals surface area contributed by atoms with E-state index in [1.54, 1.807) is 23.9 Å². The molecule has 1 aromatic carbocycles. The second kappa shape index (κ2) is 9.47. The molecule has 10 nitrogen and oxygen atoms in total. The Morgan fingerprint density at radius 2 is 2.00 bits per heavy atom. The van der Waals surface area contributed by atoms with Gasteiger partial charge in [-0.05, 0) is 50.1 Å². The number of ether oxygens (including phenoxy) is 1. The lowest BCUT2D eigenvalue weighted by molar-refractivity contribution is 0.0995. The standard InChI is InChI=1S/C24H26ClN7O3/c1-11-17(25)9-16(13(3)32-24-20(12(2)31-32)22(26)28-10-29-24)21(35-4)19(11)14-7-15(5-6-33)30-18(8-14)23(27)34/h7-10,13,33H,5-6H2,1-4H3,(H2,27,34)(H2,26,28,29). The third-order valence-corrected chi connectivity index (χ3v) is 6.40. The minimum Gasteiger partial charge on any atom is -0.496 e.